The maximum atomic E-state index is 12.8. The average molecular weight is 369 g/mol. The molecule has 0 aromatic rings. The second-order valence-corrected chi connectivity index (χ2v) is 11.4. The van der Waals surface area contributed by atoms with Crippen molar-refractivity contribution in [1.29, 1.82) is 0 Å². The van der Waals surface area contributed by atoms with Crippen molar-refractivity contribution >= 4 is 11.2 Å². The predicted octanol–water partition coefficient (Wildman–Crippen LogP) is 7.26. The van der Waals surface area contributed by atoms with Crippen LogP contribution in [0.2, 0.25) is 0 Å². The third-order valence-corrected chi connectivity index (χ3v) is 9.51. The number of hydrogen-bond donors (Lipinski definition) is 0. The molecule has 1 unspecified atom stereocenters. The van der Waals surface area contributed by atoms with Crippen LogP contribution in [0.3, 0.4) is 0 Å². The van der Waals surface area contributed by atoms with Crippen molar-refractivity contribution in [1.82, 2.24) is 0 Å². The molecule has 2 aliphatic rings. The lowest BCUT2D eigenvalue weighted by atomic mass is 9.68. The Kier molecular flexibility index (Phi) is 9.70. The van der Waals surface area contributed by atoms with E-state index < -0.39 is 11.2 Å². The van der Waals surface area contributed by atoms with Crippen LogP contribution in [-0.4, -0.2) is 15.1 Å². The van der Waals surface area contributed by atoms with Crippen LogP contribution in [-0.2, 0) is 11.2 Å². The van der Waals surface area contributed by atoms with E-state index in [9.17, 15) is 4.55 Å². The summed E-state index contributed by atoms with van der Waals surface area (Å²) in [6.45, 7) is 6.86. The molecule has 2 saturated carbocycles. The minimum absolute atomic E-state index is 0.127. The van der Waals surface area contributed by atoms with Crippen molar-refractivity contribution in [2.75, 3.05) is 5.75 Å². The summed E-state index contributed by atoms with van der Waals surface area (Å²) in [6, 6.07) is 0. The first-order chi connectivity index (χ1) is 12.1. The highest BCUT2D eigenvalue weighted by Crippen LogP contribution is 2.45. The summed E-state index contributed by atoms with van der Waals surface area (Å²) < 4.78 is 12.9. The van der Waals surface area contributed by atoms with Gasteiger partial charge in [-0.2, -0.15) is 0 Å². The molecule has 1 nitrogen and oxygen atoms in total. The molecule has 2 fully saturated rings. The van der Waals surface area contributed by atoms with Crippen molar-refractivity contribution in [3.8, 4) is 0 Å². The molecular weight excluding hydrogens is 324 g/mol. The molecule has 0 aliphatic heterocycles. The first-order valence-corrected chi connectivity index (χ1v) is 12.8. The van der Waals surface area contributed by atoms with Crippen LogP contribution in [0, 0.1) is 17.8 Å². The van der Waals surface area contributed by atoms with Crippen LogP contribution in [0.4, 0.5) is 0 Å². The predicted molar refractivity (Wildman–Crippen MR) is 112 cm³/mol. The largest absolute Gasteiger partial charge is 0.616 e. The third kappa shape index (κ3) is 6.76. The molecule has 2 aliphatic carbocycles. The topological polar surface area (TPSA) is 23.1 Å². The number of unbranched alkanes of at least 4 members (excludes halogenated alkanes) is 4. The fourth-order valence-electron chi connectivity index (χ4n) is 5.31. The van der Waals surface area contributed by atoms with E-state index in [1.807, 2.05) is 0 Å². The smallest absolute Gasteiger partial charge is 0.122 e. The number of hydrogen-bond acceptors (Lipinski definition) is 1. The molecule has 1 atom stereocenters. The molecule has 0 radical (unpaired) electrons. The molecule has 2 rings (SSSR count). The van der Waals surface area contributed by atoms with Crippen molar-refractivity contribution in [2.45, 2.75) is 122 Å². The second-order valence-electron chi connectivity index (χ2n) is 9.32. The van der Waals surface area contributed by atoms with Crippen LogP contribution in [0.5, 0.6) is 0 Å². The van der Waals surface area contributed by atoms with E-state index in [2.05, 4.69) is 20.8 Å². The van der Waals surface area contributed by atoms with Crippen molar-refractivity contribution < 1.29 is 4.55 Å². The van der Waals surface area contributed by atoms with Gasteiger partial charge >= 0.3 is 0 Å². The van der Waals surface area contributed by atoms with Gasteiger partial charge in [-0.05, 0) is 87.2 Å². The van der Waals surface area contributed by atoms with E-state index in [-0.39, 0.29) is 4.75 Å². The van der Waals surface area contributed by atoms with Gasteiger partial charge in [-0.1, -0.05) is 58.8 Å². The molecule has 148 valence electrons. The summed E-state index contributed by atoms with van der Waals surface area (Å²) in [5.74, 6) is 3.90. The maximum Gasteiger partial charge on any atom is 0.122 e. The molecule has 25 heavy (non-hydrogen) atoms. The van der Waals surface area contributed by atoms with Gasteiger partial charge in [0.15, 0.2) is 0 Å². The van der Waals surface area contributed by atoms with E-state index in [1.165, 1.54) is 89.9 Å². The lowest BCUT2D eigenvalue weighted by Crippen LogP contribution is -2.42. The number of rotatable bonds is 10. The van der Waals surface area contributed by atoms with Crippen molar-refractivity contribution in [3.05, 3.63) is 0 Å². The molecule has 0 aromatic heterocycles. The van der Waals surface area contributed by atoms with Crippen molar-refractivity contribution in [2.24, 2.45) is 17.8 Å². The van der Waals surface area contributed by atoms with E-state index >= 15 is 0 Å². The van der Waals surface area contributed by atoms with E-state index in [0.717, 1.165) is 29.9 Å². The molecule has 0 bridgehead atoms. The Morgan fingerprint density at radius 3 is 1.96 bits per heavy atom. The SMILES string of the molecule is CCCCCC1CCC(C2CCC(C)([S+]([O-])CCCCC)CC2)CC1. The van der Waals surface area contributed by atoms with Crippen molar-refractivity contribution in [3.63, 3.8) is 0 Å². The highest BCUT2D eigenvalue weighted by Gasteiger charge is 2.42. The Balaban J connectivity index is 1.68. The van der Waals surface area contributed by atoms with Gasteiger partial charge in [0.25, 0.3) is 0 Å². The second kappa shape index (κ2) is 11.2. The summed E-state index contributed by atoms with van der Waals surface area (Å²) in [4.78, 5) is 0. The molecule has 0 heterocycles. The molecule has 0 saturated heterocycles. The van der Waals surface area contributed by atoms with Crippen LogP contribution in [0.25, 0.3) is 0 Å². The molecular formula is C23H44OS. The zero-order valence-electron chi connectivity index (χ0n) is 17.4. The maximum absolute atomic E-state index is 12.8. The summed E-state index contributed by atoms with van der Waals surface area (Å²) in [6.07, 6.45) is 20.4. The van der Waals surface area contributed by atoms with Gasteiger partial charge in [0.05, 0.1) is 0 Å². The molecule has 2 heteroatoms. The molecule has 0 amide bonds. The molecule has 0 spiro atoms. The highest BCUT2D eigenvalue weighted by molar-refractivity contribution is 7.92. The van der Waals surface area contributed by atoms with Crippen LogP contribution in [0.1, 0.15) is 117 Å². The van der Waals surface area contributed by atoms with Crippen LogP contribution < -0.4 is 0 Å². The fourth-order valence-corrected chi connectivity index (χ4v) is 6.96. The van der Waals surface area contributed by atoms with Gasteiger partial charge in [0.1, 0.15) is 10.5 Å². The fraction of sp³-hybridized carbons (Fsp3) is 1.00. The first kappa shape index (κ1) is 21.6. The Morgan fingerprint density at radius 1 is 0.800 bits per heavy atom. The van der Waals surface area contributed by atoms with Gasteiger partial charge in [0.2, 0.25) is 0 Å². The van der Waals surface area contributed by atoms with Gasteiger partial charge in [-0.25, -0.2) is 0 Å². The standard InChI is InChI=1S/C23H44OS/c1-4-6-8-10-20-11-13-21(14-12-20)22-15-17-23(3,18-16-22)25(24)19-9-7-5-2/h20-22H,4-19H2,1-3H3. The van der Waals surface area contributed by atoms with E-state index in [4.69, 9.17) is 0 Å². The van der Waals surface area contributed by atoms with Gasteiger partial charge in [-0.15, -0.1) is 0 Å². The molecule has 0 aromatic carbocycles. The summed E-state index contributed by atoms with van der Waals surface area (Å²) in [5, 5.41) is 0. The lowest BCUT2D eigenvalue weighted by Gasteiger charge is -2.42. The zero-order valence-corrected chi connectivity index (χ0v) is 18.2. The third-order valence-electron chi connectivity index (χ3n) is 7.34. The first-order valence-electron chi connectivity index (χ1n) is 11.5. The Bertz CT molecular complexity index is 340. The van der Waals surface area contributed by atoms with Crippen LogP contribution >= 0.6 is 0 Å². The minimum atomic E-state index is -0.604. The summed E-state index contributed by atoms with van der Waals surface area (Å²) in [5.41, 5.74) is 0. The monoisotopic (exact) mass is 368 g/mol. The van der Waals surface area contributed by atoms with Crippen LogP contribution in [0.15, 0.2) is 0 Å². The Labute approximate surface area is 161 Å². The highest BCUT2D eigenvalue weighted by atomic mass is 32.2. The Hall–Kier alpha value is 0.310. The van der Waals surface area contributed by atoms with Gasteiger partial charge < -0.3 is 4.55 Å². The Morgan fingerprint density at radius 2 is 1.36 bits per heavy atom. The zero-order chi connectivity index (χ0) is 18.1. The summed E-state index contributed by atoms with van der Waals surface area (Å²) >= 11 is -0.604. The van der Waals surface area contributed by atoms with Gasteiger partial charge in [0, 0.05) is 0 Å². The summed E-state index contributed by atoms with van der Waals surface area (Å²) in [7, 11) is 0. The van der Waals surface area contributed by atoms with E-state index in [1.54, 1.807) is 0 Å². The molecule has 0 N–H and O–H groups in total. The minimum Gasteiger partial charge on any atom is -0.616 e. The quantitative estimate of drug-likeness (QED) is 0.294. The lowest BCUT2D eigenvalue weighted by molar-refractivity contribution is 0.151. The van der Waals surface area contributed by atoms with Gasteiger partial charge in [-0.3, -0.25) is 0 Å². The normalized spacial score (nSPS) is 34.8. The average Bonchev–Trinajstić information content (AvgIpc) is 2.63. The van der Waals surface area contributed by atoms with E-state index in [0.29, 0.717) is 0 Å².